The van der Waals surface area contributed by atoms with Crippen molar-refractivity contribution in [3.8, 4) is 5.75 Å². The third kappa shape index (κ3) is 8.18. The van der Waals surface area contributed by atoms with Crippen molar-refractivity contribution >= 4 is 7.82 Å². The number of benzene rings is 1. The summed E-state index contributed by atoms with van der Waals surface area (Å²) in [6.07, 6.45) is 10.5. The van der Waals surface area contributed by atoms with Gasteiger partial charge in [-0.25, -0.2) is 4.57 Å². The fraction of sp³-hybridized carbons (Fsp3) is 0.412. The Morgan fingerprint density at radius 3 is 2.18 bits per heavy atom. The molecule has 1 aromatic carbocycles. The van der Waals surface area contributed by atoms with Gasteiger partial charge in [0.05, 0.1) is 13.2 Å². The van der Waals surface area contributed by atoms with E-state index in [2.05, 4.69) is 6.92 Å². The third-order valence-electron chi connectivity index (χ3n) is 2.64. The van der Waals surface area contributed by atoms with Crippen LogP contribution in [0, 0.1) is 0 Å². The van der Waals surface area contributed by atoms with E-state index >= 15 is 0 Å². The van der Waals surface area contributed by atoms with Crippen LogP contribution in [0.5, 0.6) is 5.75 Å². The van der Waals surface area contributed by atoms with E-state index in [0.29, 0.717) is 5.75 Å². The minimum absolute atomic E-state index is 0.191. The van der Waals surface area contributed by atoms with E-state index < -0.39 is 7.82 Å². The normalized spacial score (nSPS) is 14.5. The number of unbranched alkanes of at least 4 members (excludes halogenated alkanes) is 1. The van der Waals surface area contributed by atoms with Crippen molar-refractivity contribution in [3.63, 3.8) is 0 Å². The van der Waals surface area contributed by atoms with Crippen LogP contribution in [0.3, 0.4) is 0 Å². The van der Waals surface area contributed by atoms with Crippen molar-refractivity contribution in [1.82, 2.24) is 0 Å². The Morgan fingerprint density at radius 2 is 1.59 bits per heavy atom. The first kappa shape index (κ1) is 18.7. The van der Waals surface area contributed by atoms with Crippen molar-refractivity contribution in [2.24, 2.45) is 0 Å². The average Bonchev–Trinajstić information content (AvgIpc) is 2.52. The van der Waals surface area contributed by atoms with Crippen LogP contribution in [0.1, 0.15) is 33.1 Å². The van der Waals surface area contributed by atoms with E-state index in [-0.39, 0.29) is 13.2 Å². The zero-order valence-electron chi connectivity index (χ0n) is 13.3. The number of allylic oxidation sites excluding steroid dienone is 2. The van der Waals surface area contributed by atoms with Crippen molar-refractivity contribution in [1.29, 1.82) is 0 Å². The molecule has 0 saturated heterocycles. The second-order valence-electron chi connectivity index (χ2n) is 4.58. The quantitative estimate of drug-likeness (QED) is 0.396. The van der Waals surface area contributed by atoms with E-state index in [1.165, 1.54) is 0 Å². The molecule has 4 nitrogen and oxygen atoms in total. The SMILES string of the molecule is CC/C=C\COP(=O)(OC/C=C/CCC)Oc1ccccc1. The van der Waals surface area contributed by atoms with Gasteiger partial charge in [0, 0.05) is 0 Å². The summed E-state index contributed by atoms with van der Waals surface area (Å²) < 4.78 is 28.8. The molecule has 0 aliphatic heterocycles. The summed E-state index contributed by atoms with van der Waals surface area (Å²) >= 11 is 0. The monoisotopic (exact) mass is 324 g/mol. The Bertz CT molecular complexity index is 497. The van der Waals surface area contributed by atoms with Gasteiger partial charge in [-0.3, -0.25) is 9.05 Å². The van der Waals surface area contributed by atoms with Gasteiger partial charge in [0.15, 0.2) is 0 Å². The molecule has 0 bridgehead atoms. The van der Waals surface area contributed by atoms with Crippen LogP contribution >= 0.6 is 7.82 Å². The Hall–Kier alpha value is -1.35. The molecule has 0 aliphatic carbocycles. The van der Waals surface area contributed by atoms with Gasteiger partial charge >= 0.3 is 7.82 Å². The van der Waals surface area contributed by atoms with E-state index in [1.807, 2.05) is 31.2 Å². The Kier molecular flexibility index (Phi) is 9.56. The first-order valence-corrected chi connectivity index (χ1v) is 9.10. The molecular weight excluding hydrogens is 299 g/mol. The van der Waals surface area contributed by atoms with E-state index in [9.17, 15) is 4.57 Å². The summed E-state index contributed by atoms with van der Waals surface area (Å²) in [5.41, 5.74) is 0. The van der Waals surface area contributed by atoms with Gasteiger partial charge in [0.25, 0.3) is 0 Å². The molecule has 1 atom stereocenters. The number of rotatable bonds is 11. The summed E-state index contributed by atoms with van der Waals surface area (Å²) in [5, 5.41) is 0. The van der Waals surface area contributed by atoms with Gasteiger partial charge in [-0.05, 0) is 25.0 Å². The standard InChI is InChI=1S/C17H25O4P/c1-3-5-7-12-16-20-22(18,19-15-11-6-4-2)21-17-13-9-8-10-14-17/h6-14H,3-5,15-16H2,1-2H3/b11-6-,12-7+. The highest BCUT2D eigenvalue weighted by atomic mass is 31.2. The summed E-state index contributed by atoms with van der Waals surface area (Å²) in [4.78, 5) is 0. The van der Waals surface area contributed by atoms with Crippen molar-refractivity contribution in [2.45, 2.75) is 33.1 Å². The molecule has 0 aliphatic rings. The molecule has 0 spiro atoms. The Labute approximate surface area is 133 Å². The molecule has 0 aromatic heterocycles. The minimum atomic E-state index is -3.63. The number of para-hydroxylation sites is 1. The molecule has 0 radical (unpaired) electrons. The van der Waals surface area contributed by atoms with E-state index in [0.717, 1.165) is 19.3 Å². The van der Waals surface area contributed by atoms with Crippen LogP contribution < -0.4 is 4.52 Å². The molecule has 0 N–H and O–H groups in total. The molecule has 0 amide bonds. The topological polar surface area (TPSA) is 44.8 Å². The maximum atomic E-state index is 12.6. The first-order valence-electron chi connectivity index (χ1n) is 7.64. The van der Waals surface area contributed by atoms with Crippen LogP contribution in [-0.4, -0.2) is 13.2 Å². The molecule has 1 rings (SSSR count). The van der Waals surface area contributed by atoms with Gasteiger partial charge in [0.2, 0.25) is 0 Å². The molecular formula is C17H25O4P. The molecule has 1 aromatic rings. The lowest BCUT2D eigenvalue weighted by Crippen LogP contribution is -2.03. The molecule has 1 unspecified atom stereocenters. The summed E-state index contributed by atoms with van der Waals surface area (Å²) in [7, 11) is -3.63. The van der Waals surface area contributed by atoms with Crippen molar-refractivity contribution in [2.75, 3.05) is 13.2 Å². The second-order valence-corrected chi connectivity index (χ2v) is 6.18. The molecule has 22 heavy (non-hydrogen) atoms. The zero-order chi connectivity index (χ0) is 16.1. The number of hydrogen-bond donors (Lipinski definition) is 0. The van der Waals surface area contributed by atoms with Crippen LogP contribution in [0.2, 0.25) is 0 Å². The Balaban J connectivity index is 2.62. The highest BCUT2D eigenvalue weighted by Crippen LogP contribution is 2.49. The zero-order valence-corrected chi connectivity index (χ0v) is 14.2. The number of phosphoric ester groups is 1. The van der Waals surface area contributed by atoms with Gasteiger partial charge in [-0.1, -0.05) is 62.8 Å². The van der Waals surface area contributed by atoms with Gasteiger partial charge < -0.3 is 4.52 Å². The predicted octanol–water partition coefficient (Wildman–Crippen LogP) is 5.53. The lowest BCUT2D eigenvalue weighted by atomic mass is 10.3. The van der Waals surface area contributed by atoms with Crippen LogP contribution in [0.25, 0.3) is 0 Å². The maximum absolute atomic E-state index is 12.6. The molecule has 122 valence electrons. The molecule has 0 saturated carbocycles. The minimum Gasteiger partial charge on any atom is -0.404 e. The third-order valence-corrected chi connectivity index (χ3v) is 4.01. The van der Waals surface area contributed by atoms with Gasteiger partial charge in [-0.2, -0.15) is 0 Å². The van der Waals surface area contributed by atoms with Crippen LogP contribution in [-0.2, 0) is 13.6 Å². The lowest BCUT2D eigenvalue weighted by Gasteiger charge is -2.17. The Morgan fingerprint density at radius 1 is 0.955 bits per heavy atom. The molecule has 0 heterocycles. The molecule has 0 fully saturated rings. The lowest BCUT2D eigenvalue weighted by molar-refractivity contribution is 0.180. The largest absolute Gasteiger partial charge is 0.530 e. The highest BCUT2D eigenvalue weighted by molar-refractivity contribution is 7.48. The maximum Gasteiger partial charge on any atom is 0.530 e. The van der Waals surface area contributed by atoms with Gasteiger partial charge in [0.1, 0.15) is 5.75 Å². The predicted molar refractivity (Wildman–Crippen MR) is 90.1 cm³/mol. The summed E-state index contributed by atoms with van der Waals surface area (Å²) in [6, 6.07) is 8.90. The highest BCUT2D eigenvalue weighted by Gasteiger charge is 2.27. The first-order chi connectivity index (χ1) is 10.7. The van der Waals surface area contributed by atoms with Crippen LogP contribution in [0.4, 0.5) is 0 Å². The average molecular weight is 324 g/mol. The number of hydrogen-bond acceptors (Lipinski definition) is 4. The number of phosphoric acid groups is 1. The smallest absolute Gasteiger partial charge is 0.404 e. The van der Waals surface area contributed by atoms with Crippen molar-refractivity contribution in [3.05, 3.63) is 54.6 Å². The fourth-order valence-corrected chi connectivity index (χ4v) is 2.65. The second kappa shape index (κ2) is 11.2. The van der Waals surface area contributed by atoms with E-state index in [4.69, 9.17) is 13.6 Å². The van der Waals surface area contributed by atoms with Gasteiger partial charge in [-0.15, -0.1) is 0 Å². The molecule has 5 heteroatoms. The summed E-state index contributed by atoms with van der Waals surface area (Å²) in [5.74, 6) is 0.461. The summed E-state index contributed by atoms with van der Waals surface area (Å²) in [6.45, 7) is 4.50. The van der Waals surface area contributed by atoms with E-state index in [1.54, 1.807) is 30.3 Å². The van der Waals surface area contributed by atoms with Crippen molar-refractivity contribution < 1.29 is 18.1 Å². The fourth-order valence-electron chi connectivity index (χ4n) is 1.56. The van der Waals surface area contributed by atoms with Crippen LogP contribution in [0.15, 0.2) is 54.6 Å².